The summed E-state index contributed by atoms with van der Waals surface area (Å²) in [4.78, 5) is 11.6. The number of carbonyl (C=O) groups excluding carboxylic acids is 1. The zero-order valence-corrected chi connectivity index (χ0v) is 13.5. The van der Waals surface area contributed by atoms with Crippen LogP contribution in [0.1, 0.15) is 23.2 Å². The number of hydrogen-bond acceptors (Lipinski definition) is 4. The van der Waals surface area contributed by atoms with Crippen LogP contribution < -0.4 is 10.5 Å². The number of methoxy groups -OCH3 is 1. The molecule has 6 nitrogen and oxygen atoms in total. The van der Waals surface area contributed by atoms with E-state index in [-0.39, 0.29) is 22.2 Å². The van der Waals surface area contributed by atoms with E-state index in [0.717, 1.165) is 12.1 Å². The first-order valence-electron chi connectivity index (χ1n) is 6.08. The van der Waals surface area contributed by atoms with E-state index in [0.29, 0.717) is 12.8 Å². The topological polar surface area (TPSA) is 98.5 Å². The highest BCUT2D eigenvalue weighted by atomic mass is 79.9. The Bertz CT molecular complexity index is 674. The predicted molar refractivity (Wildman–Crippen MR) is 76.8 cm³/mol. The molecule has 0 heterocycles. The van der Waals surface area contributed by atoms with Crippen LogP contribution >= 0.6 is 15.9 Å². The fraction of sp³-hybridized carbons (Fsp3) is 0.417. The fourth-order valence-corrected chi connectivity index (χ4v) is 3.59. The number of nitrogens with two attached hydrogens (primary N) is 1. The molecule has 3 N–H and O–H groups in total. The molecule has 0 spiro atoms. The molecule has 1 saturated carbocycles. The van der Waals surface area contributed by atoms with Gasteiger partial charge in [0, 0.05) is 18.7 Å². The maximum Gasteiger partial charge on any atom is 0.251 e. The van der Waals surface area contributed by atoms with Gasteiger partial charge < -0.3 is 10.1 Å². The number of nitrogens with one attached hydrogen (secondary N) is 1. The summed E-state index contributed by atoms with van der Waals surface area (Å²) in [5.41, 5.74) is -0.0967. The van der Waals surface area contributed by atoms with Crippen LogP contribution in [0, 0.1) is 5.82 Å². The summed E-state index contributed by atoms with van der Waals surface area (Å²) in [7, 11) is -2.54. The van der Waals surface area contributed by atoms with Gasteiger partial charge in [0.25, 0.3) is 5.91 Å². The van der Waals surface area contributed by atoms with Crippen LogP contribution in [0.3, 0.4) is 0 Å². The molecule has 1 fully saturated rings. The molecule has 1 amide bonds. The third kappa shape index (κ3) is 3.60. The summed E-state index contributed by atoms with van der Waals surface area (Å²) in [6, 6.07) is 1.94. The van der Waals surface area contributed by atoms with E-state index in [1.165, 1.54) is 0 Å². The van der Waals surface area contributed by atoms with Gasteiger partial charge in [0.15, 0.2) is 0 Å². The van der Waals surface area contributed by atoms with Crippen molar-refractivity contribution in [2.24, 2.45) is 5.14 Å². The lowest BCUT2D eigenvalue weighted by molar-refractivity contribution is 0.0176. The normalized spacial score (nSPS) is 21.7. The van der Waals surface area contributed by atoms with Crippen LogP contribution in [0.25, 0.3) is 0 Å². The lowest BCUT2D eigenvalue weighted by Gasteiger charge is -2.34. The highest BCUT2D eigenvalue weighted by Crippen LogP contribution is 2.27. The molecule has 1 aromatic carbocycles. The fourth-order valence-electron chi connectivity index (χ4n) is 2.05. The monoisotopic (exact) mass is 380 g/mol. The minimum Gasteiger partial charge on any atom is -0.381 e. The van der Waals surface area contributed by atoms with Crippen molar-refractivity contribution in [2.45, 2.75) is 29.9 Å². The standard InChI is InChI=1S/C12H14BrFN2O4S/c1-20-8-4-7(5-8)16-12(17)6-2-9(14)11(13)10(3-6)21(15,18)19/h2-3,7-8H,4-5H2,1H3,(H,16,17)(H2,15,18,19). The molecular formula is C12H14BrFN2O4S. The number of primary sulfonamides is 1. The molecule has 2 rings (SSSR count). The molecule has 0 aromatic heterocycles. The summed E-state index contributed by atoms with van der Waals surface area (Å²) in [5.74, 6) is -1.42. The van der Waals surface area contributed by atoms with E-state index >= 15 is 0 Å². The van der Waals surface area contributed by atoms with Crippen molar-refractivity contribution in [3.63, 3.8) is 0 Å². The Balaban J connectivity index is 2.20. The maximum absolute atomic E-state index is 13.7. The van der Waals surface area contributed by atoms with Crippen molar-refractivity contribution < 1.29 is 22.3 Å². The average molecular weight is 381 g/mol. The summed E-state index contributed by atoms with van der Waals surface area (Å²) in [6.07, 6.45) is 1.45. The quantitative estimate of drug-likeness (QED) is 0.817. The molecule has 0 aliphatic heterocycles. The Labute approximate surface area is 130 Å². The average Bonchev–Trinajstić information content (AvgIpc) is 2.34. The number of sulfonamides is 1. The van der Waals surface area contributed by atoms with E-state index in [1.54, 1.807) is 7.11 Å². The lowest BCUT2D eigenvalue weighted by Crippen LogP contribution is -2.47. The largest absolute Gasteiger partial charge is 0.381 e. The van der Waals surface area contributed by atoms with Crippen molar-refractivity contribution in [3.8, 4) is 0 Å². The Morgan fingerprint density at radius 3 is 2.62 bits per heavy atom. The van der Waals surface area contributed by atoms with Gasteiger partial charge in [-0.15, -0.1) is 0 Å². The van der Waals surface area contributed by atoms with Gasteiger partial charge in [-0.1, -0.05) is 0 Å². The van der Waals surface area contributed by atoms with Gasteiger partial charge in [-0.05, 0) is 40.9 Å². The highest BCUT2D eigenvalue weighted by molar-refractivity contribution is 9.10. The van der Waals surface area contributed by atoms with Crippen molar-refractivity contribution in [1.29, 1.82) is 0 Å². The van der Waals surface area contributed by atoms with Crippen molar-refractivity contribution in [3.05, 3.63) is 28.0 Å². The Kier molecular flexibility index (Phi) is 4.66. The highest BCUT2D eigenvalue weighted by Gasteiger charge is 2.31. The van der Waals surface area contributed by atoms with Crippen LogP contribution in [0.15, 0.2) is 21.5 Å². The first-order chi connectivity index (χ1) is 9.72. The molecule has 0 saturated heterocycles. The molecule has 1 aromatic rings. The molecule has 0 unspecified atom stereocenters. The third-order valence-corrected chi connectivity index (χ3v) is 5.33. The molecule has 9 heteroatoms. The number of amides is 1. The van der Waals surface area contributed by atoms with Gasteiger partial charge in [-0.25, -0.2) is 17.9 Å². The number of rotatable bonds is 4. The minimum absolute atomic E-state index is 0.0629. The van der Waals surface area contributed by atoms with Crippen LogP contribution in [-0.4, -0.2) is 33.6 Å². The number of ether oxygens (including phenoxy) is 1. The van der Waals surface area contributed by atoms with Crippen LogP contribution in [0.2, 0.25) is 0 Å². The SMILES string of the molecule is COC1CC(NC(=O)c2cc(F)c(Br)c(S(N)(=O)=O)c2)C1. The van der Waals surface area contributed by atoms with E-state index < -0.39 is 26.6 Å². The zero-order valence-electron chi connectivity index (χ0n) is 11.1. The van der Waals surface area contributed by atoms with Crippen LogP contribution in [0.5, 0.6) is 0 Å². The van der Waals surface area contributed by atoms with Gasteiger partial charge >= 0.3 is 0 Å². The summed E-state index contributed by atoms with van der Waals surface area (Å²) in [6.45, 7) is 0. The maximum atomic E-state index is 13.7. The Morgan fingerprint density at radius 2 is 2.10 bits per heavy atom. The summed E-state index contributed by atoms with van der Waals surface area (Å²) >= 11 is 2.81. The zero-order chi connectivity index (χ0) is 15.8. The molecule has 0 atom stereocenters. The van der Waals surface area contributed by atoms with Gasteiger partial charge in [0.05, 0.1) is 15.5 Å². The van der Waals surface area contributed by atoms with Gasteiger partial charge in [0.2, 0.25) is 10.0 Å². The van der Waals surface area contributed by atoms with E-state index in [4.69, 9.17) is 9.88 Å². The minimum atomic E-state index is -4.13. The third-order valence-electron chi connectivity index (χ3n) is 3.33. The number of halogens is 2. The van der Waals surface area contributed by atoms with Crippen molar-refractivity contribution >= 4 is 31.9 Å². The van der Waals surface area contributed by atoms with Crippen LogP contribution in [0.4, 0.5) is 4.39 Å². The molecular weight excluding hydrogens is 367 g/mol. The van der Waals surface area contributed by atoms with Gasteiger partial charge in [-0.3, -0.25) is 4.79 Å². The van der Waals surface area contributed by atoms with E-state index in [2.05, 4.69) is 21.2 Å². The lowest BCUT2D eigenvalue weighted by atomic mass is 9.89. The molecule has 1 aliphatic carbocycles. The van der Waals surface area contributed by atoms with Crippen LogP contribution in [-0.2, 0) is 14.8 Å². The Morgan fingerprint density at radius 1 is 1.48 bits per heavy atom. The summed E-state index contributed by atoms with van der Waals surface area (Å²) < 4.78 is 41.3. The predicted octanol–water partition coefficient (Wildman–Crippen LogP) is 1.14. The molecule has 0 bridgehead atoms. The van der Waals surface area contributed by atoms with Crippen molar-refractivity contribution in [2.75, 3.05) is 7.11 Å². The second-order valence-corrected chi connectivity index (χ2v) is 7.14. The van der Waals surface area contributed by atoms with E-state index in [1.807, 2.05) is 0 Å². The summed E-state index contributed by atoms with van der Waals surface area (Å²) in [5, 5.41) is 7.68. The van der Waals surface area contributed by atoms with Gasteiger partial charge in [-0.2, -0.15) is 0 Å². The number of carbonyl (C=O) groups is 1. The molecule has 0 radical (unpaired) electrons. The first-order valence-corrected chi connectivity index (χ1v) is 8.41. The molecule has 1 aliphatic rings. The smallest absolute Gasteiger partial charge is 0.251 e. The first kappa shape index (κ1) is 16.3. The van der Waals surface area contributed by atoms with Gasteiger partial charge in [0.1, 0.15) is 5.82 Å². The number of benzene rings is 1. The van der Waals surface area contributed by atoms with Crippen molar-refractivity contribution in [1.82, 2.24) is 5.32 Å². The second kappa shape index (κ2) is 5.99. The number of hydrogen-bond donors (Lipinski definition) is 2. The van der Waals surface area contributed by atoms with E-state index in [9.17, 15) is 17.6 Å². The molecule has 21 heavy (non-hydrogen) atoms. The molecule has 116 valence electrons. The Hall–Kier alpha value is -1.03. The second-order valence-electron chi connectivity index (χ2n) is 4.81.